The first kappa shape index (κ1) is 61.5. The van der Waals surface area contributed by atoms with Crippen molar-refractivity contribution in [3.63, 3.8) is 0 Å². The van der Waals surface area contributed by atoms with E-state index in [9.17, 15) is 0 Å². The van der Waals surface area contributed by atoms with Crippen LogP contribution in [-0.4, -0.2) is 46.2 Å². The summed E-state index contributed by atoms with van der Waals surface area (Å²) in [6, 6.07) is 50.9. The van der Waals surface area contributed by atoms with E-state index < -0.39 is 8.07 Å². The summed E-state index contributed by atoms with van der Waals surface area (Å²) in [6.45, 7) is 24.7. The van der Waals surface area contributed by atoms with Gasteiger partial charge >= 0.3 is 212 Å². The molecule has 6 nitrogen and oxygen atoms in total. The Morgan fingerprint density at radius 2 is 0.921 bits per heavy atom. The number of benzene rings is 6. The summed E-state index contributed by atoms with van der Waals surface area (Å²) >= 11 is 23.3. The van der Waals surface area contributed by atoms with Gasteiger partial charge in [0.25, 0.3) is 0 Å². The Hall–Kier alpha value is -6.92. The van der Waals surface area contributed by atoms with Crippen LogP contribution in [0.4, 0.5) is 0 Å². The van der Waals surface area contributed by atoms with Crippen LogP contribution in [-0.2, 0) is 0 Å². The van der Waals surface area contributed by atoms with Crippen LogP contribution in [0.15, 0.2) is 138 Å². The normalized spacial score (nSPS) is 13.4. The van der Waals surface area contributed by atoms with E-state index in [2.05, 4.69) is 223 Å². The summed E-state index contributed by atoms with van der Waals surface area (Å²) in [5.41, 5.74) is 18.9. The average molecular weight is 1610 g/mol. The van der Waals surface area contributed by atoms with E-state index in [1.807, 2.05) is 136 Å². The van der Waals surface area contributed by atoms with Crippen molar-refractivity contribution in [2.24, 2.45) is 0 Å². The minimum absolute atomic E-state index is 0.331. The monoisotopic (exact) mass is 1600 g/mol. The Labute approximate surface area is 632 Å². The third-order valence-electron chi connectivity index (χ3n) is 20.3. The number of nitrogens with zero attached hydrogens (tertiary/aromatic N) is 5. The van der Waals surface area contributed by atoms with Crippen LogP contribution < -0.4 is 10.4 Å². The van der Waals surface area contributed by atoms with Crippen molar-refractivity contribution >= 4 is 329 Å². The minimum atomic E-state index is -1.78. The maximum absolute atomic E-state index is 6.33. The standard InChI is InChI=1S/C29H23NS4Si.C27H17NOS4.C25H15N3S4Se/c1-14-6-8-17(9-7-14)30-20-12-19-23(13-18(20)25-24(30)27-21(33-25)10-15(2)31-27)35(4,5)29-26(19)34-22-11-16(3)32-28(22)29;1-12-4-6-15(7-5-12)28-18-8-13(2)30-24(18)26-22(28)16-10-21-17(11-20(16)32-26)23-27(33-21)25-19(29-23)9-14(3)31-25;1-10-4-6-13(7-5-10)28-18-14-9-17-15(19-23(33-17)22-25(32-19)27-12(3)30-22)8-16(14)31-20(18)21-24(28)26-11(2)29-21/h6-13H,1-5H3;4-11H,1-3H3;4-9H,1-3H3. The number of hydrogen-bond donors (Lipinski definition) is 0. The van der Waals surface area contributed by atoms with Crippen LogP contribution in [0.25, 0.3) is 187 Å². The Balaban J connectivity index is 0.0000000962. The Kier molecular flexibility index (Phi) is 13.3. The fourth-order valence-corrected chi connectivity index (χ4v) is 38.3. The van der Waals surface area contributed by atoms with Crippen LogP contribution in [0.2, 0.25) is 13.1 Å². The van der Waals surface area contributed by atoms with Gasteiger partial charge in [-0.05, 0) is 124 Å². The molecule has 17 aromatic heterocycles. The zero-order valence-corrected chi connectivity index (χ0v) is 68.7. The van der Waals surface area contributed by atoms with Crippen molar-refractivity contribution in [2.45, 2.75) is 75.4 Å². The maximum atomic E-state index is 6.33. The van der Waals surface area contributed by atoms with Crippen LogP contribution in [0.1, 0.15) is 46.2 Å². The Bertz CT molecular complexity index is 7230. The number of thiazole rings is 2. The van der Waals surface area contributed by atoms with Crippen molar-refractivity contribution < 1.29 is 4.42 Å². The van der Waals surface area contributed by atoms with Crippen molar-refractivity contribution in [3.05, 3.63) is 180 Å². The third kappa shape index (κ3) is 8.87. The molecule has 20 heteroatoms. The quantitative estimate of drug-likeness (QED) is 0.166. The number of fused-ring (bicyclic) bond motifs is 30. The van der Waals surface area contributed by atoms with Crippen molar-refractivity contribution in [1.29, 1.82) is 0 Å². The molecular weight excluding hydrogens is 1550 g/mol. The van der Waals surface area contributed by atoms with Crippen LogP contribution in [0.3, 0.4) is 0 Å². The van der Waals surface area contributed by atoms with Gasteiger partial charge in [-0.25, -0.2) is 0 Å². The van der Waals surface area contributed by atoms with Gasteiger partial charge in [0.05, 0.1) is 50.3 Å². The number of thiophene rings is 10. The van der Waals surface area contributed by atoms with Gasteiger partial charge < -0.3 is 13.6 Å². The number of hydrogen-bond acceptors (Lipinski definition) is 15. The fraction of sp³-hybridized carbons (Fsp3) is 0.136. The van der Waals surface area contributed by atoms with Crippen LogP contribution >= 0.6 is 136 Å². The van der Waals surface area contributed by atoms with E-state index in [1.165, 1.54) is 203 Å². The molecule has 0 saturated carbocycles. The molecule has 0 unspecified atom stereocenters. The van der Waals surface area contributed by atoms with Gasteiger partial charge in [0, 0.05) is 75.4 Å². The molecule has 0 spiro atoms. The molecule has 0 N–H and O–H groups in total. The Morgan fingerprint density at radius 3 is 1.64 bits per heavy atom. The van der Waals surface area contributed by atoms with E-state index in [0.29, 0.717) is 14.5 Å². The predicted octanol–water partition coefficient (Wildman–Crippen LogP) is 27.6. The molecular formula is C81H55N5OS12SeSi. The summed E-state index contributed by atoms with van der Waals surface area (Å²) < 4.78 is 39.1. The summed E-state index contributed by atoms with van der Waals surface area (Å²) in [5, 5.41) is 12.4. The van der Waals surface area contributed by atoms with Gasteiger partial charge in [-0.2, -0.15) is 0 Å². The van der Waals surface area contributed by atoms with Gasteiger partial charge in [0.2, 0.25) is 0 Å². The fourth-order valence-electron chi connectivity index (χ4n) is 15.8. The van der Waals surface area contributed by atoms with Crippen molar-refractivity contribution in [2.75, 3.05) is 0 Å². The molecule has 0 saturated heterocycles. The van der Waals surface area contributed by atoms with E-state index in [1.54, 1.807) is 19.3 Å². The average Bonchev–Trinajstić information content (AvgIpc) is 1.53. The molecule has 0 aliphatic carbocycles. The summed E-state index contributed by atoms with van der Waals surface area (Å²) in [7, 11) is -1.78. The molecule has 24 rings (SSSR count). The molecule has 1 aliphatic heterocycles. The number of aromatic nitrogens is 5. The first-order valence-corrected chi connectivity index (χ1v) is 47.9. The molecule has 0 bridgehead atoms. The van der Waals surface area contributed by atoms with Crippen molar-refractivity contribution in [3.8, 4) is 27.5 Å². The Morgan fingerprint density at radius 1 is 0.376 bits per heavy atom. The molecule has 23 aromatic rings. The van der Waals surface area contributed by atoms with Gasteiger partial charge in [-0.3, -0.25) is 0 Å². The molecule has 101 heavy (non-hydrogen) atoms. The number of aryl methyl sites for hydroxylation is 9. The zero-order valence-electron chi connectivity index (χ0n) is 56.2. The summed E-state index contributed by atoms with van der Waals surface area (Å²) in [4.78, 5) is 18.0. The van der Waals surface area contributed by atoms with Crippen LogP contribution in [0.5, 0.6) is 0 Å². The molecule has 0 radical (unpaired) electrons. The SMILES string of the molecule is Cc1ccc(-n2c3cc(C)sc3c3sc4cc5c(cc4c32)sc2c5oc3cc(C)sc32)cc1.Cc1ccc(-n2c3cc4c(cc3c3sc5cc(C)sc5c32)[Si](C)(C)c2c-4sc3cc(C)sc23)cc1.Cc1ccc(-n2c3nc(C)sc3c3sc4cc5c(cc4c32)[se]c2c3sc(C)nc3sc52)cc1. The topological polar surface area (TPSA) is 53.7 Å². The van der Waals surface area contributed by atoms with Gasteiger partial charge in [0.1, 0.15) is 13.7 Å². The number of furan rings is 1. The molecule has 18 heterocycles. The van der Waals surface area contributed by atoms with Gasteiger partial charge in [-0.1, -0.05) is 54.6 Å². The van der Waals surface area contributed by atoms with Gasteiger partial charge in [0.15, 0.2) is 5.58 Å². The van der Waals surface area contributed by atoms with Crippen LogP contribution in [0, 0.1) is 62.3 Å². The second-order valence-corrected chi connectivity index (χ2v) is 47.8. The van der Waals surface area contributed by atoms with E-state index in [0.717, 1.165) is 21.8 Å². The van der Waals surface area contributed by atoms with E-state index in [-0.39, 0.29) is 0 Å². The third-order valence-corrected chi connectivity index (χ3v) is 41.1. The molecule has 1 aliphatic rings. The molecule has 492 valence electrons. The predicted molar refractivity (Wildman–Crippen MR) is 462 cm³/mol. The second kappa shape index (κ2) is 21.8. The summed E-state index contributed by atoms with van der Waals surface area (Å²) in [6.07, 6.45) is 0. The van der Waals surface area contributed by atoms with Crippen molar-refractivity contribution in [1.82, 2.24) is 23.7 Å². The first-order chi connectivity index (χ1) is 48.9. The zero-order chi connectivity index (χ0) is 67.8. The number of rotatable bonds is 3. The molecule has 6 aromatic carbocycles. The molecule has 0 amide bonds. The van der Waals surface area contributed by atoms with E-state index in [4.69, 9.17) is 14.4 Å². The molecule has 0 atom stereocenters. The second-order valence-electron chi connectivity index (χ2n) is 27.6. The summed E-state index contributed by atoms with van der Waals surface area (Å²) in [5.74, 6) is 0. The van der Waals surface area contributed by atoms with Gasteiger partial charge in [-0.15, -0.1) is 90.7 Å². The van der Waals surface area contributed by atoms with E-state index >= 15 is 0 Å². The first-order valence-electron chi connectivity index (χ1n) is 33.4. The molecule has 0 fully saturated rings.